The summed E-state index contributed by atoms with van der Waals surface area (Å²) in [5.74, 6) is -1.07. The minimum atomic E-state index is -4.78. The minimum Gasteiger partial charge on any atom is -0.366 e. The zero-order valence-electron chi connectivity index (χ0n) is 18.0. The first-order valence-electron chi connectivity index (χ1n) is 10.1. The van der Waals surface area contributed by atoms with Gasteiger partial charge in [-0.3, -0.25) is 4.79 Å². The van der Waals surface area contributed by atoms with Crippen LogP contribution in [0.1, 0.15) is 22.3 Å². The summed E-state index contributed by atoms with van der Waals surface area (Å²) in [6.07, 6.45) is -3.27. The summed E-state index contributed by atoms with van der Waals surface area (Å²) in [6, 6.07) is 0.243. The van der Waals surface area contributed by atoms with Crippen LogP contribution in [0.3, 0.4) is 0 Å². The second-order valence-corrected chi connectivity index (χ2v) is 10.6. The highest BCUT2D eigenvalue weighted by Crippen LogP contribution is 2.38. The van der Waals surface area contributed by atoms with Crippen molar-refractivity contribution in [1.29, 1.82) is 0 Å². The summed E-state index contributed by atoms with van der Waals surface area (Å²) in [5, 5.41) is 3.77. The van der Waals surface area contributed by atoms with Crippen molar-refractivity contribution in [3.05, 3.63) is 41.3 Å². The second-order valence-electron chi connectivity index (χ2n) is 7.81. The molecule has 2 atom stereocenters. The summed E-state index contributed by atoms with van der Waals surface area (Å²) < 4.78 is 83.3. The summed E-state index contributed by atoms with van der Waals surface area (Å²) in [7, 11) is -2.40. The normalized spacial score (nSPS) is 19.6. The van der Waals surface area contributed by atoms with Crippen molar-refractivity contribution < 1.29 is 30.8 Å². The fraction of sp³-hybridized carbons (Fsp3) is 0.368. The van der Waals surface area contributed by atoms with Gasteiger partial charge in [-0.25, -0.2) is 27.8 Å². The minimum absolute atomic E-state index is 0.0117. The monoisotopic (exact) mass is 533 g/mol. The van der Waals surface area contributed by atoms with Gasteiger partial charge >= 0.3 is 6.18 Å². The van der Waals surface area contributed by atoms with Crippen molar-refractivity contribution in [3.8, 4) is 10.6 Å². The molecule has 0 bridgehead atoms. The fourth-order valence-corrected chi connectivity index (χ4v) is 5.84. The maximum absolute atomic E-state index is 14.9. The van der Waals surface area contributed by atoms with Gasteiger partial charge in [0.25, 0.3) is 10.0 Å². The lowest BCUT2D eigenvalue weighted by Gasteiger charge is -2.33. The van der Waals surface area contributed by atoms with Crippen LogP contribution in [0.2, 0.25) is 0 Å². The lowest BCUT2D eigenvalue weighted by molar-refractivity contribution is -0.137. The van der Waals surface area contributed by atoms with Crippen LogP contribution in [0.25, 0.3) is 10.6 Å². The molecule has 0 saturated carbocycles. The highest BCUT2D eigenvalue weighted by Gasteiger charge is 2.38. The topological polar surface area (TPSA) is 136 Å². The lowest BCUT2D eigenvalue weighted by atomic mass is 10.1. The molecule has 1 fully saturated rings. The highest BCUT2D eigenvalue weighted by atomic mass is 32.2. The van der Waals surface area contributed by atoms with Crippen molar-refractivity contribution in [2.75, 3.05) is 18.4 Å². The molecule has 35 heavy (non-hydrogen) atoms. The number of nitrogens with zero attached hydrogens (tertiary/aromatic N) is 5. The number of nitrogens with two attached hydrogens (primary N) is 1. The van der Waals surface area contributed by atoms with Crippen molar-refractivity contribution in [2.24, 2.45) is 12.8 Å². The molecule has 4 heterocycles. The number of thiophene rings is 1. The van der Waals surface area contributed by atoms with E-state index in [2.05, 4.69) is 20.3 Å². The van der Waals surface area contributed by atoms with Crippen molar-refractivity contribution in [3.63, 3.8) is 0 Å². The zero-order chi connectivity index (χ0) is 25.5. The number of aromatic nitrogens is 4. The number of aryl methyl sites for hydroxylation is 1. The van der Waals surface area contributed by atoms with Crippen LogP contribution >= 0.6 is 11.3 Å². The third kappa shape index (κ3) is 5.13. The molecule has 0 unspecified atom stereocenters. The fourth-order valence-electron chi connectivity index (χ4n) is 3.51. The Hall–Kier alpha value is -3.11. The van der Waals surface area contributed by atoms with Crippen LogP contribution in [0.15, 0.2) is 35.2 Å². The SMILES string of the molecule is Cn1cnc(S(=O)(=O)N2CC[C@H](Nc3ncc(C(F)(F)F)c(-c4cc(C(N)=O)cs4)n3)[C@H](F)C2)c1. The molecule has 1 amide bonds. The third-order valence-corrected chi connectivity index (χ3v) is 8.00. The number of halogens is 4. The number of sulfonamides is 1. The molecule has 1 aliphatic rings. The molecule has 188 valence electrons. The molecule has 0 aromatic carbocycles. The van der Waals surface area contributed by atoms with E-state index in [9.17, 15) is 30.8 Å². The maximum Gasteiger partial charge on any atom is 0.420 e. The first-order chi connectivity index (χ1) is 16.4. The van der Waals surface area contributed by atoms with Crippen molar-refractivity contribution in [1.82, 2.24) is 23.8 Å². The van der Waals surface area contributed by atoms with E-state index in [1.54, 1.807) is 7.05 Å². The number of nitrogens with one attached hydrogen (secondary N) is 1. The number of hydrogen-bond acceptors (Lipinski definition) is 8. The molecule has 3 aromatic rings. The molecule has 3 aromatic heterocycles. The lowest BCUT2D eigenvalue weighted by Crippen LogP contribution is -2.50. The number of hydrogen-bond donors (Lipinski definition) is 2. The molecule has 1 saturated heterocycles. The van der Waals surface area contributed by atoms with Crippen LogP contribution in [-0.2, 0) is 23.2 Å². The van der Waals surface area contributed by atoms with Crippen LogP contribution in [0.5, 0.6) is 0 Å². The zero-order valence-corrected chi connectivity index (χ0v) is 19.7. The van der Waals surface area contributed by atoms with Gasteiger partial charge < -0.3 is 15.6 Å². The number of amides is 1. The van der Waals surface area contributed by atoms with Crippen molar-refractivity contribution >= 4 is 33.2 Å². The van der Waals surface area contributed by atoms with Gasteiger partial charge in [-0.05, 0) is 12.5 Å². The number of anilines is 1. The average Bonchev–Trinajstić information content (AvgIpc) is 3.44. The largest absolute Gasteiger partial charge is 0.420 e. The quantitative estimate of drug-likeness (QED) is 0.464. The maximum atomic E-state index is 14.9. The highest BCUT2D eigenvalue weighted by molar-refractivity contribution is 7.89. The van der Waals surface area contributed by atoms with E-state index < -0.39 is 52.1 Å². The smallest absolute Gasteiger partial charge is 0.366 e. The summed E-state index contributed by atoms with van der Waals surface area (Å²) in [4.78, 5) is 22.8. The second kappa shape index (κ2) is 9.16. The first-order valence-corrected chi connectivity index (χ1v) is 12.4. The van der Waals surface area contributed by atoms with E-state index in [-0.39, 0.29) is 34.4 Å². The molecule has 1 aliphatic heterocycles. The van der Waals surface area contributed by atoms with Gasteiger partial charge in [-0.2, -0.15) is 17.5 Å². The number of alkyl halides is 4. The van der Waals surface area contributed by atoms with Gasteiger partial charge in [0, 0.05) is 37.9 Å². The average molecular weight is 534 g/mol. The number of rotatable bonds is 6. The summed E-state index contributed by atoms with van der Waals surface area (Å²) >= 11 is 0.845. The van der Waals surface area contributed by atoms with Crippen LogP contribution < -0.4 is 11.1 Å². The Balaban J connectivity index is 1.55. The number of primary amides is 1. The van der Waals surface area contributed by atoms with Crippen molar-refractivity contribution in [2.45, 2.75) is 29.8 Å². The van der Waals surface area contributed by atoms with E-state index in [1.165, 1.54) is 28.5 Å². The van der Waals surface area contributed by atoms with Gasteiger partial charge in [-0.1, -0.05) is 0 Å². The summed E-state index contributed by atoms with van der Waals surface area (Å²) in [5.41, 5.74) is 3.59. The van der Waals surface area contributed by atoms with Gasteiger partial charge in [0.15, 0.2) is 5.03 Å². The van der Waals surface area contributed by atoms with Crippen LogP contribution in [-0.4, -0.2) is 63.5 Å². The number of imidazole rings is 1. The van der Waals surface area contributed by atoms with E-state index in [0.29, 0.717) is 6.20 Å². The molecule has 10 nitrogen and oxygen atoms in total. The molecule has 4 rings (SSSR count). The van der Waals surface area contributed by atoms with Gasteiger partial charge in [0.1, 0.15) is 11.7 Å². The molecular weight excluding hydrogens is 514 g/mol. The van der Waals surface area contributed by atoms with E-state index in [0.717, 1.165) is 15.6 Å². The Morgan fingerprint density at radius 3 is 2.63 bits per heavy atom. The molecule has 0 spiro atoms. The Kier molecular flexibility index (Phi) is 6.54. The van der Waals surface area contributed by atoms with E-state index in [1.807, 2.05) is 0 Å². The molecular formula is C19H19F4N7O3S2. The van der Waals surface area contributed by atoms with Gasteiger partial charge in [0.05, 0.1) is 28.5 Å². The standard InChI is InChI=1S/C19H19F4N7O3S2/c1-29-7-15(26-9-29)35(32,33)30-3-2-13(12(20)6-30)27-18-25-5-11(19(21,22)23)16(28-18)14-4-10(8-34-14)17(24)31/h4-5,7-9,12-13H,2-3,6H2,1H3,(H2,24,31)(H,25,27,28)/t12-,13+/m1/s1. The predicted molar refractivity (Wildman–Crippen MR) is 118 cm³/mol. The molecule has 0 aliphatic carbocycles. The third-order valence-electron chi connectivity index (χ3n) is 5.32. The summed E-state index contributed by atoms with van der Waals surface area (Å²) in [6.45, 7) is -0.519. The number of carbonyl (C=O) groups excluding carboxylic acids is 1. The van der Waals surface area contributed by atoms with Gasteiger partial charge in [0.2, 0.25) is 11.9 Å². The Labute approximate surface area is 200 Å². The Bertz CT molecular complexity index is 1360. The van der Waals surface area contributed by atoms with E-state index in [4.69, 9.17) is 5.73 Å². The molecule has 16 heteroatoms. The van der Waals surface area contributed by atoms with Crippen LogP contribution in [0.4, 0.5) is 23.5 Å². The number of piperidine rings is 1. The van der Waals surface area contributed by atoms with Crippen LogP contribution in [0, 0.1) is 0 Å². The predicted octanol–water partition coefficient (Wildman–Crippen LogP) is 2.27. The molecule has 3 N–H and O–H groups in total. The number of carbonyl (C=O) groups is 1. The molecule has 0 radical (unpaired) electrons. The van der Waals surface area contributed by atoms with E-state index >= 15 is 0 Å². The van der Waals surface area contributed by atoms with Gasteiger partial charge in [-0.15, -0.1) is 11.3 Å². The first kappa shape index (κ1) is 25.0. The Morgan fingerprint density at radius 2 is 2.06 bits per heavy atom. The Morgan fingerprint density at radius 1 is 1.31 bits per heavy atom.